The summed E-state index contributed by atoms with van der Waals surface area (Å²) < 4.78 is 1.11. The van der Waals surface area contributed by atoms with Crippen LogP contribution in [0.4, 0.5) is 0 Å². The number of hydrogen-bond acceptors (Lipinski definition) is 5. The van der Waals surface area contributed by atoms with Crippen molar-refractivity contribution in [3.8, 4) is 6.07 Å². The third-order valence-corrected chi connectivity index (χ3v) is 6.45. The lowest BCUT2D eigenvalue weighted by Crippen LogP contribution is -2.43. The standard InChI is InChI=1S/C20H22N4O2S/c21-11-16-5-3-8-24(16)19(25)13-23-9-7-15(12-23)22-20(26)18-10-14-4-1-2-6-17(14)27-18/h1-2,4,6,10,15-16H,3,5,7-9,12-13H2,(H,22,26). The van der Waals surface area contributed by atoms with Gasteiger partial charge in [-0.2, -0.15) is 5.26 Å². The molecule has 2 aliphatic rings. The molecule has 2 saturated heterocycles. The van der Waals surface area contributed by atoms with Gasteiger partial charge in [0, 0.05) is 30.4 Å². The van der Waals surface area contributed by atoms with E-state index >= 15 is 0 Å². The Labute approximate surface area is 162 Å². The van der Waals surface area contributed by atoms with Crippen LogP contribution in [0.1, 0.15) is 28.9 Å². The molecule has 0 bridgehead atoms. The minimum Gasteiger partial charge on any atom is -0.347 e. The summed E-state index contributed by atoms with van der Waals surface area (Å²) in [6, 6.07) is 11.9. The third kappa shape index (κ3) is 3.82. The van der Waals surface area contributed by atoms with Crippen LogP contribution in [0, 0.1) is 11.3 Å². The first-order chi connectivity index (χ1) is 13.1. The lowest BCUT2D eigenvalue weighted by Gasteiger charge is -2.23. The van der Waals surface area contributed by atoms with E-state index < -0.39 is 0 Å². The molecule has 2 amide bonds. The van der Waals surface area contributed by atoms with Crippen molar-refractivity contribution in [2.24, 2.45) is 0 Å². The Morgan fingerprint density at radius 3 is 2.93 bits per heavy atom. The number of fused-ring (bicyclic) bond motifs is 1. The van der Waals surface area contributed by atoms with Gasteiger partial charge in [0.05, 0.1) is 17.5 Å². The fourth-order valence-corrected chi connectivity index (χ4v) is 4.89. The van der Waals surface area contributed by atoms with Crippen LogP contribution >= 0.6 is 11.3 Å². The Morgan fingerprint density at radius 1 is 1.26 bits per heavy atom. The fraction of sp³-hybridized carbons (Fsp3) is 0.450. The van der Waals surface area contributed by atoms with Crippen LogP contribution in [-0.2, 0) is 4.79 Å². The van der Waals surface area contributed by atoms with Gasteiger partial charge in [-0.15, -0.1) is 11.3 Å². The van der Waals surface area contributed by atoms with Gasteiger partial charge in [-0.05, 0) is 36.8 Å². The summed E-state index contributed by atoms with van der Waals surface area (Å²) in [5.41, 5.74) is 0. The smallest absolute Gasteiger partial charge is 0.261 e. The number of likely N-dealkylation sites (tertiary alicyclic amines) is 2. The highest BCUT2D eigenvalue weighted by atomic mass is 32.1. The molecule has 0 spiro atoms. The predicted octanol–water partition coefficient (Wildman–Crippen LogP) is 2.22. The van der Waals surface area contributed by atoms with Gasteiger partial charge in [-0.3, -0.25) is 14.5 Å². The maximum absolute atomic E-state index is 12.6. The van der Waals surface area contributed by atoms with E-state index in [0.717, 1.165) is 40.8 Å². The monoisotopic (exact) mass is 382 g/mol. The molecule has 1 aromatic carbocycles. The molecular formula is C20H22N4O2S. The highest BCUT2D eigenvalue weighted by molar-refractivity contribution is 7.20. The zero-order chi connectivity index (χ0) is 18.8. The molecule has 27 heavy (non-hydrogen) atoms. The van der Waals surface area contributed by atoms with Crippen molar-refractivity contribution in [3.63, 3.8) is 0 Å². The van der Waals surface area contributed by atoms with Gasteiger partial charge in [0.25, 0.3) is 5.91 Å². The number of nitrogens with zero attached hydrogens (tertiary/aromatic N) is 3. The van der Waals surface area contributed by atoms with Crippen molar-refractivity contribution in [1.82, 2.24) is 15.1 Å². The Hall–Kier alpha value is -2.43. The number of amides is 2. The van der Waals surface area contributed by atoms with Crippen LogP contribution in [0.2, 0.25) is 0 Å². The summed E-state index contributed by atoms with van der Waals surface area (Å²) in [7, 11) is 0. The molecule has 140 valence electrons. The summed E-state index contributed by atoms with van der Waals surface area (Å²) in [6.45, 7) is 2.46. The minimum atomic E-state index is -0.274. The number of rotatable bonds is 4. The second kappa shape index (κ2) is 7.67. The first kappa shape index (κ1) is 18.0. The number of hydrogen-bond donors (Lipinski definition) is 1. The molecule has 0 saturated carbocycles. The van der Waals surface area contributed by atoms with E-state index in [1.165, 1.54) is 11.3 Å². The van der Waals surface area contributed by atoms with Crippen LogP contribution < -0.4 is 5.32 Å². The van der Waals surface area contributed by atoms with Crippen LogP contribution in [0.5, 0.6) is 0 Å². The number of nitrogens with one attached hydrogen (secondary N) is 1. The Bertz CT molecular complexity index is 870. The number of nitriles is 1. The number of benzene rings is 1. The maximum Gasteiger partial charge on any atom is 0.261 e. The number of thiophene rings is 1. The van der Waals surface area contributed by atoms with Gasteiger partial charge in [0.15, 0.2) is 0 Å². The zero-order valence-electron chi connectivity index (χ0n) is 15.1. The molecule has 1 aromatic heterocycles. The number of carbonyl (C=O) groups excluding carboxylic acids is 2. The average Bonchev–Trinajstić information content (AvgIpc) is 3.40. The molecule has 3 heterocycles. The Morgan fingerprint density at radius 2 is 2.11 bits per heavy atom. The zero-order valence-corrected chi connectivity index (χ0v) is 15.9. The lowest BCUT2D eigenvalue weighted by molar-refractivity contribution is -0.132. The van der Waals surface area contributed by atoms with E-state index in [9.17, 15) is 9.59 Å². The molecule has 2 aromatic rings. The predicted molar refractivity (Wildman–Crippen MR) is 104 cm³/mol. The van der Waals surface area contributed by atoms with Crippen LogP contribution in [0.15, 0.2) is 30.3 Å². The van der Waals surface area contributed by atoms with Gasteiger partial charge in [-0.25, -0.2) is 0 Å². The third-order valence-electron chi connectivity index (χ3n) is 5.34. The van der Waals surface area contributed by atoms with E-state index in [1.807, 2.05) is 30.3 Å². The molecule has 0 aliphatic carbocycles. The van der Waals surface area contributed by atoms with E-state index in [2.05, 4.69) is 16.3 Å². The van der Waals surface area contributed by atoms with Crippen molar-refractivity contribution >= 4 is 33.2 Å². The summed E-state index contributed by atoms with van der Waals surface area (Å²) in [5.74, 6) is -0.0194. The molecule has 2 fully saturated rings. The van der Waals surface area contributed by atoms with Gasteiger partial charge in [-0.1, -0.05) is 18.2 Å². The highest BCUT2D eigenvalue weighted by Crippen LogP contribution is 2.25. The summed E-state index contributed by atoms with van der Waals surface area (Å²) in [6.07, 6.45) is 2.51. The molecule has 2 aliphatic heterocycles. The fourth-order valence-electron chi connectivity index (χ4n) is 3.93. The number of carbonyl (C=O) groups is 2. The van der Waals surface area contributed by atoms with E-state index in [0.29, 0.717) is 19.6 Å². The Balaban J connectivity index is 1.31. The average molecular weight is 382 g/mol. The van der Waals surface area contributed by atoms with Crippen LogP contribution in [0.3, 0.4) is 0 Å². The SMILES string of the molecule is N#CC1CCCN1C(=O)CN1CCC(NC(=O)c2cc3ccccc3s2)C1. The maximum atomic E-state index is 12.6. The largest absolute Gasteiger partial charge is 0.347 e. The van der Waals surface area contributed by atoms with Crippen LogP contribution in [-0.4, -0.2) is 59.9 Å². The lowest BCUT2D eigenvalue weighted by atomic mass is 10.2. The van der Waals surface area contributed by atoms with E-state index in [1.54, 1.807) is 4.90 Å². The molecule has 2 atom stereocenters. The first-order valence-electron chi connectivity index (χ1n) is 9.35. The minimum absolute atomic E-state index is 0.0236. The molecule has 1 N–H and O–H groups in total. The first-order valence-corrected chi connectivity index (χ1v) is 10.2. The van der Waals surface area contributed by atoms with Gasteiger partial charge < -0.3 is 10.2 Å². The van der Waals surface area contributed by atoms with Crippen molar-refractivity contribution in [3.05, 3.63) is 35.2 Å². The molecule has 6 nitrogen and oxygen atoms in total. The topological polar surface area (TPSA) is 76.4 Å². The van der Waals surface area contributed by atoms with Gasteiger partial charge in [0.2, 0.25) is 5.91 Å². The molecule has 2 unspecified atom stereocenters. The summed E-state index contributed by atoms with van der Waals surface area (Å²) in [5, 5.41) is 13.3. The molecule has 7 heteroatoms. The molecule has 4 rings (SSSR count). The van der Waals surface area contributed by atoms with Gasteiger partial charge in [0.1, 0.15) is 6.04 Å². The Kier molecular flexibility index (Phi) is 5.10. The van der Waals surface area contributed by atoms with Crippen LogP contribution in [0.25, 0.3) is 10.1 Å². The second-order valence-electron chi connectivity index (χ2n) is 7.22. The normalized spacial score (nSPS) is 22.9. The van der Waals surface area contributed by atoms with Gasteiger partial charge >= 0.3 is 0 Å². The molecule has 0 radical (unpaired) electrons. The summed E-state index contributed by atoms with van der Waals surface area (Å²) in [4.78, 5) is 29.5. The van der Waals surface area contributed by atoms with E-state index in [4.69, 9.17) is 5.26 Å². The molecular weight excluding hydrogens is 360 g/mol. The van der Waals surface area contributed by atoms with Crippen molar-refractivity contribution in [2.45, 2.75) is 31.3 Å². The summed E-state index contributed by atoms with van der Waals surface area (Å²) >= 11 is 1.50. The highest BCUT2D eigenvalue weighted by Gasteiger charge is 2.32. The van der Waals surface area contributed by atoms with Crippen molar-refractivity contribution < 1.29 is 9.59 Å². The van der Waals surface area contributed by atoms with Crippen molar-refractivity contribution in [1.29, 1.82) is 5.26 Å². The van der Waals surface area contributed by atoms with E-state index in [-0.39, 0.29) is 23.9 Å². The quantitative estimate of drug-likeness (QED) is 0.880. The van der Waals surface area contributed by atoms with Crippen molar-refractivity contribution in [2.75, 3.05) is 26.2 Å². The second-order valence-corrected chi connectivity index (χ2v) is 8.30.